The van der Waals surface area contributed by atoms with Crippen LogP contribution in [0.5, 0.6) is 0 Å². The molecule has 14 heteroatoms. The number of hydrogen-bond acceptors (Lipinski definition) is 8. The Hall–Kier alpha value is -3.28. The lowest BCUT2D eigenvalue weighted by Crippen LogP contribution is -2.46. The number of hydrazine groups is 1. The molecule has 1 aromatic carbocycles. The Morgan fingerprint density at radius 3 is 2.29 bits per heavy atom. The molecule has 228 valence electrons. The molecule has 42 heavy (non-hydrogen) atoms. The van der Waals surface area contributed by atoms with Crippen molar-refractivity contribution in [1.82, 2.24) is 25.2 Å². The van der Waals surface area contributed by atoms with Crippen molar-refractivity contribution < 1.29 is 27.9 Å². The van der Waals surface area contributed by atoms with Crippen LogP contribution >= 0.6 is 15.9 Å². The summed E-state index contributed by atoms with van der Waals surface area (Å²) in [6.07, 6.45) is 2.34. The number of carboxylic acid groups (broad SMARTS) is 1. The van der Waals surface area contributed by atoms with Crippen molar-refractivity contribution in [3.8, 4) is 6.07 Å². The fourth-order valence-electron chi connectivity index (χ4n) is 4.93. The number of rotatable bonds is 9. The number of nitrogens with zero attached hydrogens (tertiary/aromatic N) is 6. The van der Waals surface area contributed by atoms with E-state index in [0.717, 1.165) is 45.6 Å². The molecule has 2 heterocycles. The van der Waals surface area contributed by atoms with Crippen LogP contribution in [0.2, 0.25) is 0 Å². The van der Waals surface area contributed by atoms with E-state index in [1.165, 1.54) is 31.4 Å². The van der Waals surface area contributed by atoms with Crippen LogP contribution in [0.4, 0.5) is 19.0 Å². The topological polar surface area (TPSA) is 126 Å². The number of piperazine rings is 1. The quantitative estimate of drug-likeness (QED) is 0.373. The third-order valence-corrected chi connectivity index (χ3v) is 7.66. The lowest BCUT2D eigenvalue weighted by Gasteiger charge is -2.34. The Balaban J connectivity index is 0.000000616. The Labute approximate surface area is 251 Å². The van der Waals surface area contributed by atoms with Crippen LogP contribution in [0.15, 0.2) is 34.9 Å². The molecule has 0 bridgehead atoms. The molecule has 1 aliphatic carbocycles. The van der Waals surface area contributed by atoms with Gasteiger partial charge >= 0.3 is 12.1 Å². The maximum atomic E-state index is 13.2. The van der Waals surface area contributed by atoms with E-state index >= 15 is 0 Å². The minimum Gasteiger partial charge on any atom is -0.475 e. The first kappa shape index (κ1) is 33.2. The number of carbonyl (C=O) groups excluding carboxylic acids is 1. The lowest BCUT2D eigenvalue weighted by atomic mass is 10.1. The van der Waals surface area contributed by atoms with E-state index in [9.17, 15) is 23.2 Å². The molecule has 2 aliphatic rings. The van der Waals surface area contributed by atoms with E-state index in [2.05, 4.69) is 48.0 Å². The summed E-state index contributed by atoms with van der Waals surface area (Å²) in [6, 6.07) is 9.86. The number of carbonyl (C=O) groups is 2. The monoisotopic (exact) mass is 653 g/mol. The Bertz CT molecular complexity index is 1230. The summed E-state index contributed by atoms with van der Waals surface area (Å²) < 4.78 is 32.4. The molecule has 0 atom stereocenters. The molecule has 0 radical (unpaired) electrons. The third-order valence-electron chi connectivity index (χ3n) is 7.10. The third kappa shape index (κ3) is 10.2. The summed E-state index contributed by atoms with van der Waals surface area (Å²) in [7, 11) is 0. The van der Waals surface area contributed by atoms with Crippen LogP contribution in [0, 0.1) is 17.2 Å². The van der Waals surface area contributed by atoms with Gasteiger partial charge in [0.05, 0.1) is 4.47 Å². The van der Waals surface area contributed by atoms with Gasteiger partial charge in [0.1, 0.15) is 6.07 Å². The molecule has 0 spiro atoms. The molecule has 1 saturated heterocycles. The van der Waals surface area contributed by atoms with Crippen molar-refractivity contribution in [3.63, 3.8) is 0 Å². The van der Waals surface area contributed by atoms with Crippen LogP contribution in [-0.4, -0.2) is 82.2 Å². The average molecular weight is 655 g/mol. The number of nitrogens with one attached hydrogen (secondary N) is 1. The SMILES string of the molecule is CCCN1CCN(Cc2ccc(C(=O)NN(CC3CCCC3)c3nc(C#N)ncc3Br)cc2)CC1.O=C(O)C(F)(F)F. The highest BCUT2D eigenvalue weighted by atomic mass is 79.9. The van der Waals surface area contributed by atoms with Crippen molar-refractivity contribution in [2.45, 2.75) is 51.7 Å². The first-order valence-corrected chi connectivity index (χ1v) is 14.6. The molecule has 1 aliphatic heterocycles. The van der Waals surface area contributed by atoms with Crippen LogP contribution in [0.1, 0.15) is 60.8 Å². The maximum Gasteiger partial charge on any atom is 0.490 e. The second kappa shape index (κ2) is 15.8. The summed E-state index contributed by atoms with van der Waals surface area (Å²) in [5, 5.41) is 18.2. The van der Waals surface area contributed by atoms with Gasteiger partial charge in [0, 0.05) is 51.0 Å². The van der Waals surface area contributed by atoms with Gasteiger partial charge in [-0.15, -0.1) is 0 Å². The molecule has 1 saturated carbocycles. The van der Waals surface area contributed by atoms with Crippen LogP contribution in [0.25, 0.3) is 0 Å². The highest BCUT2D eigenvalue weighted by Gasteiger charge is 2.38. The zero-order valence-corrected chi connectivity index (χ0v) is 25.0. The number of benzene rings is 1. The Kier molecular flexibility index (Phi) is 12.5. The van der Waals surface area contributed by atoms with Crippen LogP contribution < -0.4 is 10.4 Å². The van der Waals surface area contributed by atoms with Crippen molar-refractivity contribution in [2.75, 3.05) is 44.3 Å². The number of nitriles is 1. The molecule has 2 fully saturated rings. The zero-order chi connectivity index (χ0) is 30.7. The highest BCUT2D eigenvalue weighted by Crippen LogP contribution is 2.29. The van der Waals surface area contributed by atoms with Gasteiger partial charge in [-0.2, -0.15) is 23.4 Å². The standard InChI is InChI=1S/C26H34BrN7O.C2HF3O2/c1-2-11-32-12-14-33(15-13-32)18-21-7-9-22(10-8-21)26(35)31-34(19-20-5-3-4-6-20)25-23(27)17-29-24(16-28)30-25;3-2(4,5)1(6)7/h7-10,17,20H,2-6,11-15,18-19H2,1H3,(H,31,35);(H,6,7). The average Bonchev–Trinajstić information content (AvgIpc) is 3.47. The van der Waals surface area contributed by atoms with E-state index in [1.807, 2.05) is 30.3 Å². The minimum atomic E-state index is -5.08. The number of alkyl halides is 3. The lowest BCUT2D eigenvalue weighted by molar-refractivity contribution is -0.192. The Morgan fingerprint density at radius 1 is 1.14 bits per heavy atom. The maximum absolute atomic E-state index is 13.2. The second-order valence-corrected chi connectivity index (χ2v) is 11.2. The predicted molar refractivity (Wildman–Crippen MR) is 153 cm³/mol. The van der Waals surface area contributed by atoms with E-state index in [-0.39, 0.29) is 11.7 Å². The molecule has 0 unspecified atom stereocenters. The number of anilines is 1. The predicted octanol–water partition coefficient (Wildman–Crippen LogP) is 4.61. The van der Waals surface area contributed by atoms with Gasteiger partial charge in [0.2, 0.25) is 5.82 Å². The van der Waals surface area contributed by atoms with Gasteiger partial charge < -0.3 is 10.0 Å². The first-order chi connectivity index (χ1) is 20.0. The van der Waals surface area contributed by atoms with E-state index in [1.54, 1.807) is 11.2 Å². The minimum absolute atomic E-state index is 0.0775. The van der Waals surface area contributed by atoms with Crippen molar-refractivity contribution in [3.05, 3.63) is 51.9 Å². The molecular formula is C28H35BrF3N7O3. The molecule has 10 nitrogen and oxygen atoms in total. The van der Waals surface area contributed by atoms with E-state index in [0.29, 0.717) is 28.3 Å². The fraction of sp³-hybridized carbons (Fsp3) is 0.536. The number of hydrogen-bond donors (Lipinski definition) is 2. The van der Waals surface area contributed by atoms with Gasteiger partial charge in [0.25, 0.3) is 5.91 Å². The summed E-state index contributed by atoms with van der Waals surface area (Å²) in [6.45, 7) is 9.36. The number of aromatic nitrogens is 2. The summed E-state index contributed by atoms with van der Waals surface area (Å²) >= 11 is 3.49. The van der Waals surface area contributed by atoms with Gasteiger partial charge in [-0.1, -0.05) is 31.9 Å². The molecule has 2 aromatic rings. The van der Waals surface area contributed by atoms with Crippen LogP contribution in [-0.2, 0) is 11.3 Å². The van der Waals surface area contributed by atoms with Gasteiger partial charge in [-0.3, -0.25) is 20.1 Å². The molecule has 1 amide bonds. The van der Waals surface area contributed by atoms with Crippen molar-refractivity contribution in [1.29, 1.82) is 5.26 Å². The molecule has 1 aromatic heterocycles. The summed E-state index contributed by atoms with van der Waals surface area (Å²) in [5.41, 5.74) is 4.85. The summed E-state index contributed by atoms with van der Waals surface area (Å²) in [4.78, 5) is 35.4. The van der Waals surface area contributed by atoms with Crippen molar-refractivity contribution >= 4 is 33.6 Å². The van der Waals surface area contributed by atoms with Gasteiger partial charge in [-0.25, -0.2) is 9.78 Å². The Morgan fingerprint density at radius 2 is 1.74 bits per heavy atom. The number of carboxylic acids is 1. The van der Waals surface area contributed by atoms with E-state index in [4.69, 9.17) is 9.90 Å². The van der Waals surface area contributed by atoms with Crippen LogP contribution in [0.3, 0.4) is 0 Å². The van der Waals surface area contributed by atoms with Gasteiger partial charge in [0.15, 0.2) is 5.82 Å². The molecule has 4 rings (SSSR count). The smallest absolute Gasteiger partial charge is 0.475 e. The number of aliphatic carboxylic acids is 1. The second-order valence-electron chi connectivity index (χ2n) is 10.3. The van der Waals surface area contributed by atoms with Crippen molar-refractivity contribution in [2.24, 2.45) is 5.92 Å². The van der Waals surface area contributed by atoms with Gasteiger partial charge in [-0.05, 0) is 65.4 Å². The fourth-order valence-corrected chi connectivity index (χ4v) is 5.34. The highest BCUT2D eigenvalue weighted by molar-refractivity contribution is 9.10. The largest absolute Gasteiger partial charge is 0.490 e. The first-order valence-electron chi connectivity index (χ1n) is 13.8. The van der Waals surface area contributed by atoms with E-state index < -0.39 is 12.1 Å². The number of amides is 1. The molecular weight excluding hydrogens is 619 g/mol. The number of halogens is 4. The normalized spacial score (nSPS) is 16.3. The molecule has 2 N–H and O–H groups in total. The zero-order valence-electron chi connectivity index (χ0n) is 23.4. The summed E-state index contributed by atoms with van der Waals surface area (Å²) in [5.74, 6) is -1.88.